The Kier molecular flexibility index (Phi) is 3.80. The van der Waals surface area contributed by atoms with Crippen molar-refractivity contribution in [3.8, 4) is 0 Å². The summed E-state index contributed by atoms with van der Waals surface area (Å²) in [6, 6.07) is 17.5. The van der Waals surface area contributed by atoms with Crippen LogP contribution in [0, 0.1) is 10.5 Å². The number of aryl methyl sites for hydroxylation is 1. The van der Waals surface area contributed by atoms with Crippen LogP contribution in [0.25, 0.3) is 0 Å². The molecule has 4 rings (SSSR count). The summed E-state index contributed by atoms with van der Waals surface area (Å²) in [5.41, 5.74) is 3.45. The van der Waals surface area contributed by atoms with E-state index in [9.17, 15) is 4.79 Å². The van der Waals surface area contributed by atoms with Crippen molar-refractivity contribution in [1.29, 1.82) is 0 Å². The van der Waals surface area contributed by atoms with Gasteiger partial charge in [-0.05, 0) is 77.5 Å². The number of rotatable bonds is 2. The first-order valence-electron chi connectivity index (χ1n) is 7.63. The number of nitrogens with one attached hydrogen (secondary N) is 1. The van der Waals surface area contributed by atoms with Gasteiger partial charge in [-0.15, -0.1) is 0 Å². The minimum Gasteiger partial charge on any atom is -0.465 e. The monoisotopic (exact) mass is 430 g/mol. The Balaban J connectivity index is 1.88. The molecule has 1 aliphatic rings. The van der Waals surface area contributed by atoms with Gasteiger partial charge in [0.05, 0.1) is 11.8 Å². The van der Waals surface area contributed by atoms with Crippen LogP contribution in [-0.2, 0) is 0 Å². The summed E-state index contributed by atoms with van der Waals surface area (Å²) in [6.07, 6.45) is 1.25. The van der Waals surface area contributed by atoms with E-state index in [4.69, 9.17) is 4.42 Å². The van der Waals surface area contributed by atoms with Gasteiger partial charge >= 0.3 is 0 Å². The Hall–Kier alpha value is -2.28. The average Bonchev–Trinajstić information content (AvgIpc) is 3.09. The lowest BCUT2D eigenvalue weighted by Gasteiger charge is -2.37. The second-order valence-electron chi connectivity index (χ2n) is 5.77. The molecule has 0 fully saturated rings. The van der Waals surface area contributed by atoms with Gasteiger partial charge in [0.15, 0.2) is 6.17 Å². The highest BCUT2D eigenvalue weighted by atomic mass is 127. The minimum absolute atomic E-state index is 0.0331. The van der Waals surface area contributed by atoms with Crippen LogP contribution in [0.4, 0.5) is 11.4 Å². The summed E-state index contributed by atoms with van der Waals surface area (Å²) in [7, 11) is 0. The Bertz CT molecular complexity index is 905. The molecule has 0 aliphatic carbocycles. The van der Waals surface area contributed by atoms with E-state index in [0.29, 0.717) is 11.3 Å². The van der Waals surface area contributed by atoms with E-state index in [1.54, 1.807) is 11.2 Å². The van der Waals surface area contributed by atoms with Crippen LogP contribution < -0.4 is 10.2 Å². The molecule has 24 heavy (non-hydrogen) atoms. The average molecular weight is 430 g/mol. The van der Waals surface area contributed by atoms with Gasteiger partial charge in [-0.3, -0.25) is 9.69 Å². The van der Waals surface area contributed by atoms with Crippen molar-refractivity contribution in [2.75, 3.05) is 10.2 Å². The summed E-state index contributed by atoms with van der Waals surface area (Å²) < 4.78 is 6.61. The predicted molar refractivity (Wildman–Crippen MR) is 102 cm³/mol. The highest BCUT2D eigenvalue weighted by molar-refractivity contribution is 14.1. The molecule has 5 heteroatoms. The second kappa shape index (κ2) is 5.98. The summed E-state index contributed by atoms with van der Waals surface area (Å²) in [4.78, 5) is 15.0. The van der Waals surface area contributed by atoms with Gasteiger partial charge in [-0.2, -0.15) is 0 Å². The molecule has 1 atom stereocenters. The van der Waals surface area contributed by atoms with Crippen molar-refractivity contribution in [1.82, 2.24) is 0 Å². The smallest absolute Gasteiger partial charge is 0.262 e. The minimum atomic E-state index is -0.373. The van der Waals surface area contributed by atoms with Crippen LogP contribution in [0.3, 0.4) is 0 Å². The SMILES string of the molecule is Cc1cccc(N2C(=O)c3cc(I)ccc3NC2c2ccco2)c1. The molecule has 120 valence electrons. The van der Waals surface area contributed by atoms with Crippen LogP contribution in [0.1, 0.15) is 27.8 Å². The number of amides is 1. The second-order valence-corrected chi connectivity index (χ2v) is 7.01. The normalized spacial score (nSPS) is 16.7. The number of halogens is 1. The summed E-state index contributed by atoms with van der Waals surface area (Å²) in [6.45, 7) is 2.02. The molecule has 1 amide bonds. The van der Waals surface area contributed by atoms with Crippen molar-refractivity contribution in [2.45, 2.75) is 13.1 Å². The first kappa shape index (κ1) is 15.3. The first-order chi connectivity index (χ1) is 11.6. The lowest BCUT2D eigenvalue weighted by molar-refractivity contribution is 0.0971. The Morgan fingerprint density at radius 3 is 2.75 bits per heavy atom. The van der Waals surface area contributed by atoms with Crippen LogP contribution in [0.5, 0.6) is 0 Å². The van der Waals surface area contributed by atoms with E-state index in [1.165, 1.54) is 0 Å². The molecule has 1 aromatic heterocycles. The van der Waals surface area contributed by atoms with E-state index in [2.05, 4.69) is 27.9 Å². The topological polar surface area (TPSA) is 45.5 Å². The van der Waals surface area contributed by atoms with Crippen LogP contribution in [-0.4, -0.2) is 5.91 Å². The number of benzene rings is 2. The van der Waals surface area contributed by atoms with Gasteiger partial charge in [0.1, 0.15) is 5.76 Å². The quantitative estimate of drug-likeness (QED) is 0.585. The lowest BCUT2D eigenvalue weighted by Crippen LogP contribution is -2.43. The number of nitrogens with zero attached hydrogens (tertiary/aromatic N) is 1. The van der Waals surface area contributed by atoms with Crippen LogP contribution in [0.15, 0.2) is 65.3 Å². The van der Waals surface area contributed by atoms with Crippen molar-refractivity contribution in [3.63, 3.8) is 0 Å². The molecule has 1 unspecified atom stereocenters. The zero-order chi connectivity index (χ0) is 16.7. The molecule has 0 bridgehead atoms. The number of hydrogen-bond donors (Lipinski definition) is 1. The molecule has 1 aliphatic heterocycles. The van der Waals surface area contributed by atoms with Crippen molar-refractivity contribution in [2.24, 2.45) is 0 Å². The zero-order valence-electron chi connectivity index (χ0n) is 13.0. The fourth-order valence-corrected chi connectivity index (χ4v) is 3.46. The number of fused-ring (bicyclic) bond motifs is 1. The molecule has 3 aromatic rings. The Morgan fingerprint density at radius 1 is 1.12 bits per heavy atom. The fraction of sp³-hybridized carbons (Fsp3) is 0.105. The van der Waals surface area contributed by atoms with E-state index in [-0.39, 0.29) is 12.1 Å². The number of anilines is 2. The molecule has 0 saturated carbocycles. The fourth-order valence-electron chi connectivity index (χ4n) is 2.97. The van der Waals surface area contributed by atoms with E-state index in [0.717, 1.165) is 20.5 Å². The van der Waals surface area contributed by atoms with Gasteiger partial charge in [-0.1, -0.05) is 12.1 Å². The Morgan fingerprint density at radius 2 is 2.00 bits per heavy atom. The van der Waals surface area contributed by atoms with Gasteiger partial charge in [0.2, 0.25) is 0 Å². The van der Waals surface area contributed by atoms with Crippen molar-refractivity contribution in [3.05, 3.63) is 81.3 Å². The van der Waals surface area contributed by atoms with Crippen molar-refractivity contribution >= 4 is 39.9 Å². The standard InChI is InChI=1S/C19H15IN2O2/c1-12-4-2-5-14(10-12)22-18(17-6-3-9-24-17)21-16-8-7-13(20)11-15(16)19(22)23/h2-11,18,21H,1H3. The number of furan rings is 1. The molecular formula is C19H15IN2O2. The molecule has 0 spiro atoms. The summed E-state index contributed by atoms with van der Waals surface area (Å²) in [5, 5.41) is 3.43. The maximum atomic E-state index is 13.2. The van der Waals surface area contributed by atoms with E-state index in [1.807, 2.05) is 61.5 Å². The molecule has 0 radical (unpaired) electrons. The molecule has 2 heterocycles. The third-order valence-electron chi connectivity index (χ3n) is 4.07. The third kappa shape index (κ3) is 2.58. The molecule has 0 saturated heterocycles. The first-order valence-corrected chi connectivity index (χ1v) is 8.71. The third-order valence-corrected chi connectivity index (χ3v) is 4.74. The molecule has 4 nitrogen and oxygen atoms in total. The van der Waals surface area contributed by atoms with Gasteiger partial charge in [0.25, 0.3) is 5.91 Å². The highest BCUT2D eigenvalue weighted by Gasteiger charge is 2.35. The number of hydrogen-bond acceptors (Lipinski definition) is 3. The van der Waals surface area contributed by atoms with Crippen LogP contribution in [0.2, 0.25) is 0 Å². The number of carbonyl (C=O) groups excluding carboxylic acids is 1. The predicted octanol–water partition coefficient (Wildman–Crippen LogP) is 4.96. The van der Waals surface area contributed by atoms with Gasteiger partial charge in [0, 0.05) is 14.9 Å². The summed E-state index contributed by atoms with van der Waals surface area (Å²) >= 11 is 2.22. The Labute approximate surface area is 153 Å². The van der Waals surface area contributed by atoms with Crippen molar-refractivity contribution < 1.29 is 9.21 Å². The maximum absolute atomic E-state index is 13.2. The van der Waals surface area contributed by atoms with Gasteiger partial charge < -0.3 is 9.73 Å². The van der Waals surface area contributed by atoms with Gasteiger partial charge in [-0.25, -0.2) is 0 Å². The van der Waals surface area contributed by atoms with E-state index >= 15 is 0 Å². The molecule has 1 N–H and O–H groups in total. The maximum Gasteiger partial charge on any atom is 0.262 e. The zero-order valence-corrected chi connectivity index (χ0v) is 15.2. The van der Waals surface area contributed by atoms with E-state index < -0.39 is 0 Å². The number of carbonyl (C=O) groups is 1. The summed E-state index contributed by atoms with van der Waals surface area (Å²) in [5.74, 6) is 0.670. The molecule has 2 aromatic carbocycles. The lowest BCUT2D eigenvalue weighted by atomic mass is 10.0. The largest absolute Gasteiger partial charge is 0.465 e. The molecular weight excluding hydrogens is 415 g/mol. The highest BCUT2D eigenvalue weighted by Crippen LogP contribution is 2.37. The van der Waals surface area contributed by atoms with Crippen LogP contribution >= 0.6 is 22.6 Å².